The molecule has 0 atom stereocenters. The summed E-state index contributed by atoms with van der Waals surface area (Å²) in [5.74, 6) is -0.218. The molecule has 0 unspecified atom stereocenters. The lowest BCUT2D eigenvalue weighted by atomic mass is 10.3. The van der Waals surface area contributed by atoms with Crippen LogP contribution in [0.3, 0.4) is 0 Å². The van der Waals surface area contributed by atoms with Crippen LogP contribution in [0, 0.1) is 0 Å². The van der Waals surface area contributed by atoms with E-state index in [1.165, 1.54) is 4.68 Å². The average molecular weight is 314 g/mol. The summed E-state index contributed by atoms with van der Waals surface area (Å²) in [5, 5.41) is 14.3. The first-order chi connectivity index (χ1) is 9.58. The molecule has 0 radical (unpaired) electrons. The number of amides is 1. The number of nitrogens with one attached hydrogen (secondary N) is 2. The summed E-state index contributed by atoms with van der Waals surface area (Å²) in [4.78, 5) is 11.9. The lowest BCUT2D eigenvalue weighted by Gasteiger charge is -2.06. The van der Waals surface area contributed by atoms with E-state index in [4.69, 9.17) is 23.2 Å². The fraction of sp³-hybridized carbons (Fsp3) is 0.250. The number of carbonyl (C=O) groups is 1. The van der Waals surface area contributed by atoms with Gasteiger partial charge in [0, 0.05) is 12.2 Å². The van der Waals surface area contributed by atoms with Crippen molar-refractivity contribution in [2.45, 2.75) is 13.1 Å². The monoisotopic (exact) mass is 313 g/mol. The second-order valence-electron chi connectivity index (χ2n) is 4.11. The Morgan fingerprint density at radius 3 is 2.85 bits per heavy atom. The number of nitrogens with zero attached hydrogens (tertiary/aromatic N) is 3. The van der Waals surface area contributed by atoms with Gasteiger partial charge in [0.2, 0.25) is 5.91 Å². The Morgan fingerprint density at radius 1 is 1.35 bits per heavy atom. The minimum Gasteiger partial charge on any atom is -0.324 e. The van der Waals surface area contributed by atoms with Crippen molar-refractivity contribution in [3.05, 3.63) is 40.1 Å². The van der Waals surface area contributed by atoms with Gasteiger partial charge in [-0.25, -0.2) is 4.68 Å². The maximum Gasteiger partial charge on any atom is 0.246 e. The third kappa shape index (κ3) is 3.93. The second kappa shape index (κ2) is 6.69. The summed E-state index contributed by atoms with van der Waals surface area (Å²) < 4.78 is 1.47. The Hall–Kier alpha value is -1.63. The fourth-order valence-electron chi connectivity index (χ4n) is 1.60. The van der Waals surface area contributed by atoms with Crippen molar-refractivity contribution in [3.63, 3.8) is 0 Å². The zero-order valence-corrected chi connectivity index (χ0v) is 12.2. The van der Waals surface area contributed by atoms with Crippen molar-refractivity contribution >= 4 is 34.8 Å². The first-order valence-corrected chi connectivity index (χ1v) is 6.62. The van der Waals surface area contributed by atoms with Crippen LogP contribution >= 0.6 is 23.2 Å². The number of carbonyl (C=O) groups excluding carboxylic acids is 1. The Bertz CT molecular complexity index is 614. The van der Waals surface area contributed by atoms with Gasteiger partial charge in [0.25, 0.3) is 0 Å². The van der Waals surface area contributed by atoms with E-state index in [1.54, 1.807) is 24.4 Å². The van der Waals surface area contributed by atoms with Gasteiger partial charge in [-0.3, -0.25) is 4.79 Å². The molecule has 20 heavy (non-hydrogen) atoms. The van der Waals surface area contributed by atoms with Crippen LogP contribution in [-0.4, -0.2) is 27.9 Å². The van der Waals surface area contributed by atoms with Gasteiger partial charge in [-0.1, -0.05) is 28.4 Å². The smallest absolute Gasteiger partial charge is 0.246 e. The SMILES string of the molecule is CNCc1cn(CC(=O)Nc2ccc(Cl)c(Cl)c2)nn1. The highest BCUT2D eigenvalue weighted by Crippen LogP contribution is 2.24. The molecule has 0 aliphatic heterocycles. The van der Waals surface area contributed by atoms with E-state index in [-0.39, 0.29) is 12.5 Å². The Kier molecular flexibility index (Phi) is 4.94. The van der Waals surface area contributed by atoms with Gasteiger partial charge in [-0.15, -0.1) is 5.10 Å². The van der Waals surface area contributed by atoms with Crippen LogP contribution < -0.4 is 10.6 Å². The summed E-state index contributed by atoms with van der Waals surface area (Å²) in [6.45, 7) is 0.686. The van der Waals surface area contributed by atoms with E-state index in [9.17, 15) is 4.79 Å². The zero-order valence-electron chi connectivity index (χ0n) is 10.7. The molecule has 0 aliphatic rings. The molecule has 2 rings (SSSR count). The van der Waals surface area contributed by atoms with Gasteiger partial charge in [0.15, 0.2) is 0 Å². The second-order valence-corrected chi connectivity index (χ2v) is 4.93. The molecule has 8 heteroatoms. The van der Waals surface area contributed by atoms with Crippen LogP contribution in [0.5, 0.6) is 0 Å². The molecule has 6 nitrogen and oxygen atoms in total. The number of aromatic nitrogens is 3. The molecule has 1 amide bonds. The molecule has 0 aliphatic carbocycles. The highest BCUT2D eigenvalue weighted by atomic mass is 35.5. The van der Waals surface area contributed by atoms with E-state index >= 15 is 0 Å². The van der Waals surface area contributed by atoms with E-state index < -0.39 is 0 Å². The van der Waals surface area contributed by atoms with Gasteiger partial charge >= 0.3 is 0 Å². The Labute approximate surface area is 126 Å². The molecule has 0 spiro atoms. The number of benzene rings is 1. The molecular weight excluding hydrogens is 301 g/mol. The molecular formula is C12H13Cl2N5O. The van der Waals surface area contributed by atoms with Crippen molar-refractivity contribution in [2.75, 3.05) is 12.4 Å². The van der Waals surface area contributed by atoms with E-state index in [0.29, 0.717) is 22.3 Å². The lowest BCUT2D eigenvalue weighted by molar-refractivity contribution is -0.116. The van der Waals surface area contributed by atoms with Crippen molar-refractivity contribution in [3.8, 4) is 0 Å². The van der Waals surface area contributed by atoms with Crippen LogP contribution in [0.2, 0.25) is 10.0 Å². The van der Waals surface area contributed by atoms with Crippen LogP contribution in [-0.2, 0) is 17.9 Å². The maximum absolute atomic E-state index is 11.9. The average Bonchev–Trinajstić information content (AvgIpc) is 2.81. The van der Waals surface area contributed by atoms with Crippen LogP contribution in [0.1, 0.15) is 5.69 Å². The van der Waals surface area contributed by atoms with Crippen molar-refractivity contribution < 1.29 is 4.79 Å². The molecule has 0 saturated carbocycles. The summed E-state index contributed by atoms with van der Waals surface area (Å²) >= 11 is 11.7. The van der Waals surface area contributed by atoms with Gasteiger partial charge in [-0.05, 0) is 25.2 Å². The largest absolute Gasteiger partial charge is 0.324 e. The summed E-state index contributed by atoms with van der Waals surface area (Å²) in [6.07, 6.45) is 1.71. The third-order valence-corrected chi connectivity index (χ3v) is 3.19. The third-order valence-electron chi connectivity index (χ3n) is 2.45. The van der Waals surface area contributed by atoms with Crippen molar-refractivity contribution in [1.29, 1.82) is 0 Å². The van der Waals surface area contributed by atoms with Gasteiger partial charge in [0.1, 0.15) is 6.54 Å². The summed E-state index contributed by atoms with van der Waals surface area (Å²) in [7, 11) is 1.82. The minimum absolute atomic E-state index is 0.0803. The van der Waals surface area contributed by atoms with E-state index in [1.807, 2.05) is 7.05 Å². The number of hydrogen-bond donors (Lipinski definition) is 2. The molecule has 2 aromatic rings. The van der Waals surface area contributed by atoms with Crippen molar-refractivity contribution in [1.82, 2.24) is 20.3 Å². The fourth-order valence-corrected chi connectivity index (χ4v) is 1.90. The van der Waals surface area contributed by atoms with Gasteiger partial charge in [0.05, 0.1) is 21.9 Å². The quantitative estimate of drug-likeness (QED) is 0.885. The minimum atomic E-state index is -0.218. The molecule has 1 heterocycles. The standard InChI is InChI=1S/C12H13Cl2N5O/c1-15-5-9-6-19(18-17-9)7-12(20)16-8-2-3-10(13)11(14)4-8/h2-4,6,15H,5,7H2,1H3,(H,16,20). The summed E-state index contributed by atoms with van der Waals surface area (Å²) in [5.41, 5.74) is 1.36. The van der Waals surface area contributed by atoms with Gasteiger partial charge < -0.3 is 10.6 Å². The van der Waals surface area contributed by atoms with E-state index in [0.717, 1.165) is 5.69 Å². The molecule has 1 aromatic heterocycles. The number of rotatable bonds is 5. The Morgan fingerprint density at radius 2 is 2.15 bits per heavy atom. The van der Waals surface area contributed by atoms with Crippen LogP contribution in [0.15, 0.2) is 24.4 Å². The summed E-state index contributed by atoms with van der Waals surface area (Å²) in [6, 6.07) is 4.90. The zero-order chi connectivity index (χ0) is 14.5. The topological polar surface area (TPSA) is 71.8 Å². The predicted octanol–water partition coefficient (Wildman–Crippen LogP) is 1.94. The molecule has 0 saturated heterocycles. The van der Waals surface area contributed by atoms with E-state index in [2.05, 4.69) is 20.9 Å². The number of halogens is 2. The molecule has 2 N–H and O–H groups in total. The highest BCUT2D eigenvalue weighted by Gasteiger charge is 2.07. The van der Waals surface area contributed by atoms with Gasteiger partial charge in [-0.2, -0.15) is 0 Å². The molecule has 1 aromatic carbocycles. The number of anilines is 1. The maximum atomic E-state index is 11.9. The normalized spacial score (nSPS) is 10.6. The predicted molar refractivity (Wildman–Crippen MR) is 77.9 cm³/mol. The molecule has 0 bridgehead atoms. The lowest BCUT2D eigenvalue weighted by Crippen LogP contribution is -2.19. The first kappa shape index (κ1) is 14.8. The van der Waals surface area contributed by atoms with Crippen LogP contribution in [0.4, 0.5) is 5.69 Å². The Balaban J connectivity index is 1.95. The highest BCUT2D eigenvalue weighted by molar-refractivity contribution is 6.42. The molecule has 106 valence electrons. The van der Waals surface area contributed by atoms with Crippen LogP contribution in [0.25, 0.3) is 0 Å². The van der Waals surface area contributed by atoms with Crippen molar-refractivity contribution in [2.24, 2.45) is 0 Å². The first-order valence-electron chi connectivity index (χ1n) is 5.87. The number of hydrogen-bond acceptors (Lipinski definition) is 4. The molecule has 0 fully saturated rings.